The molecule has 11 heavy (non-hydrogen) atoms. The Hall–Kier alpha value is -0.620. The van der Waals surface area contributed by atoms with E-state index in [1.54, 1.807) is 6.92 Å². The first-order valence-corrected chi connectivity index (χ1v) is 4.75. The molecule has 0 aliphatic carbocycles. The van der Waals surface area contributed by atoms with Crippen molar-refractivity contribution in [3.8, 4) is 0 Å². The van der Waals surface area contributed by atoms with Gasteiger partial charge >= 0.3 is 5.97 Å². The first kappa shape index (κ1) is 10.4. The van der Waals surface area contributed by atoms with Gasteiger partial charge in [-0.3, -0.25) is 4.79 Å². The molecule has 6 heteroatoms. The molecule has 0 aromatic rings. The molecule has 0 amide bonds. The summed E-state index contributed by atoms with van der Waals surface area (Å²) >= 11 is 0. The van der Waals surface area contributed by atoms with Crippen LogP contribution in [0, 0.1) is 0 Å². The van der Waals surface area contributed by atoms with Crippen LogP contribution < -0.4 is 5.14 Å². The Morgan fingerprint density at radius 1 is 1.64 bits per heavy atom. The molecule has 1 atom stereocenters. The van der Waals surface area contributed by atoms with E-state index in [1.807, 2.05) is 0 Å². The number of sulfonamides is 1. The largest absolute Gasteiger partial charge is 0.480 e. The van der Waals surface area contributed by atoms with Crippen LogP contribution in [0.25, 0.3) is 0 Å². The van der Waals surface area contributed by atoms with Crippen LogP contribution in [0.3, 0.4) is 0 Å². The molecule has 0 aliphatic rings. The maximum atomic E-state index is 10.6. The molecular weight excluding hydrogens is 170 g/mol. The molecule has 0 unspecified atom stereocenters. The highest BCUT2D eigenvalue weighted by Gasteiger charge is 2.27. The van der Waals surface area contributed by atoms with Crippen LogP contribution >= 0.6 is 0 Å². The fourth-order valence-electron chi connectivity index (χ4n) is 0.690. The molecule has 0 aromatic carbocycles. The van der Waals surface area contributed by atoms with Crippen molar-refractivity contribution in [1.29, 1.82) is 0 Å². The fraction of sp³-hybridized carbons (Fsp3) is 0.800. The van der Waals surface area contributed by atoms with Gasteiger partial charge in [-0.05, 0) is 6.42 Å². The first-order chi connectivity index (χ1) is 4.89. The highest BCUT2D eigenvalue weighted by molar-refractivity contribution is 7.90. The van der Waals surface area contributed by atoms with Crippen molar-refractivity contribution in [2.45, 2.75) is 25.0 Å². The summed E-state index contributed by atoms with van der Waals surface area (Å²) < 4.78 is 21.1. The minimum atomic E-state index is -3.93. The van der Waals surface area contributed by atoms with Gasteiger partial charge in [0.05, 0.1) is 0 Å². The lowest BCUT2D eigenvalue weighted by Gasteiger charge is -2.06. The van der Waals surface area contributed by atoms with Crippen molar-refractivity contribution in [2.75, 3.05) is 0 Å². The van der Waals surface area contributed by atoms with E-state index in [1.165, 1.54) is 0 Å². The van der Waals surface area contributed by atoms with E-state index in [0.29, 0.717) is 6.42 Å². The van der Waals surface area contributed by atoms with Gasteiger partial charge in [-0.1, -0.05) is 13.3 Å². The average molecular weight is 181 g/mol. The second kappa shape index (κ2) is 3.68. The van der Waals surface area contributed by atoms with Crippen LogP contribution in [0.1, 0.15) is 19.8 Å². The zero-order valence-electron chi connectivity index (χ0n) is 6.15. The lowest BCUT2D eigenvalue weighted by atomic mass is 10.2. The van der Waals surface area contributed by atoms with Gasteiger partial charge in [0.1, 0.15) is 0 Å². The monoisotopic (exact) mass is 181 g/mol. The molecule has 0 aliphatic heterocycles. The van der Waals surface area contributed by atoms with E-state index in [-0.39, 0.29) is 6.42 Å². The molecule has 66 valence electrons. The molecule has 0 saturated carbocycles. The van der Waals surface area contributed by atoms with Crippen LogP contribution in [-0.2, 0) is 14.8 Å². The molecule has 0 spiro atoms. The van der Waals surface area contributed by atoms with Gasteiger partial charge in [0.15, 0.2) is 5.25 Å². The number of carbonyl (C=O) groups is 1. The van der Waals surface area contributed by atoms with Gasteiger partial charge in [0, 0.05) is 0 Å². The van der Waals surface area contributed by atoms with Gasteiger partial charge in [-0.2, -0.15) is 0 Å². The van der Waals surface area contributed by atoms with E-state index in [4.69, 9.17) is 5.11 Å². The summed E-state index contributed by atoms with van der Waals surface area (Å²) in [4.78, 5) is 10.3. The summed E-state index contributed by atoms with van der Waals surface area (Å²) in [6.07, 6.45) is 0.543. The quantitative estimate of drug-likeness (QED) is 0.612. The van der Waals surface area contributed by atoms with E-state index in [0.717, 1.165) is 0 Å². The number of carboxylic acids is 1. The molecule has 0 bridgehead atoms. The summed E-state index contributed by atoms with van der Waals surface area (Å²) in [5.41, 5.74) is 0. The van der Waals surface area contributed by atoms with Gasteiger partial charge in [-0.25, -0.2) is 13.6 Å². The van der Waals surface area contributed by atoms with Gasteiger partial charge in [-0.15, -0.1) is 0 Å². The third kappa shape index (κ3) is 3.33. The molecule has 0 saturated heterocycles. The van der Waals surface area contributed by atoms with Crippen molar-refractivity contribution in [3.63, 3.8) is 0 Å². The Morgan fingerprint density at radius 3 is 2.18 bits per heavy atom. The minimum absolute atomic E-state index is 0.0637. The predicted octanol–water partition coefficient (Wildman–Crippen LogP) is -0.472. The maximum absolute atomic E-state index is 10.6. The minimum Gasteiger partial charge on any atom is -0.480 e. The van der Waals surface area contributed by atoms with E-state index in [2.05, 4.69) is 5.14 Å². The summed E-state index contributed by atoms with van der Waals surface area (Å²) in [6, 6.07) is 0. The SMILES string of the molecule is CCC[C@H](C(=O)O)S(N)(=O)=O. The van der Waals surface area contributed by atoms with Gasteiger partial charge < -0.3 is 5.11 Å². The Bertz CT molecular complexity index is 233. The van der Waals surface area contributed by atoms with Crippen molar-refractivity contribution in [3.05, 3.63) is 0 Å². The van der Waals surface area contributed by atoms with Crippen molar-refractivity contribution < 1.29 is 18.3 Å². The number of hydrogen-bond donors (Lipinski definition) is 2. The fourth-order valence-corrected chi connectivity index (χ4v) is 1.54. The normalized spacial score (nSPS) is 14.4. The third-order valence-corrected chi connectivity index (χ3v) is 2.45. The smallest absolute Gasteiger partial charge is 0.323 e. The highest BCUT2D eigenvalue weighted by atomic mass is 32.2. The Labute approximate surface area is 65.3 Å². The number of aliphatic carboxylic acids is 1. The van der Waals surface area contributed by atoms with Crippen LogP contribution in [0.4, 0.5) is 0 Å². The lowest BCUT2D eigenvalue weighted by molar-refractivity contribution is -0.136. The number of nitrogens with two attached hydrogens (primary N) is 1. The summed E-state index contributed by atoms with van der Waals surface area (Å²) in [5, 5.41) is 11.6. The van der Waals surface area contributed by atoms with Crippen molar-refractivity contribution in [1.82, 2.24) is 0 Å². The maximum Gasteiger partial charge on any atom is 0.323 e. The Balaban J connectivity index is 4.49. The van der Waals surface area contributed by atoms with E-state index >= 15 is 0 Å². The molecule has 3 N–H and O–H groups in total. The lowest BCUT2D eigenvalue weighted by Crippen LogP contribution is -2.35. The second-order valence-electron chi connectivity index (χ2n) is 2.20. The first-order valence-electron chi connectivity index (χ1n) is 3.14. The number of hydrogen-bond acceptors (Lipinski definition) is 3. The molecule has 0 rings (SSSR count). The molecular formula is C5H11NO4S. The predicted molar refractivity (Wildman–Crippen MR) is 39.4 cm³/mol. The van der Waals surface area contributed by atoms with E-state index < -0.39 is 21.2 Å². The number of carboxylic acid groups (broad SMARTS) is 1. The second-order valence-corrected chi connectivity index (χ2v) is 3.95. The summed E-state index contributed by atoms with van der Waals surface area (Å²) in [7, 11) is -3.93. The number of rotatable bonds is 4. The average Bonchev–Trinajstić information content (AvgIpc) is 1.79. The van der Waals surface area contributed by atoms with E-state index in [9.17, 15) is 13.2 Å². The Kier molecular flexibility index (Phi) is 3.47. The van der Waals surface area contributed by atoms with Crippen LogP contribution in [-0.4, -0.2) is 24.7 Å². The van der Waals surface area contributed by atoms with Crippen LogP contribution in [0.15, 0.2) is 0 Å². The highest BCUT2D eigenvalue weighted by Crippen LogP contribution is 2.04. The van der Waals surface area contributed by atoms with Crippen molar-refractivity contribution in [2.24, 2.45) is 5.14 Å². The topological polar surface area (TPSA) is 97.5 Å². The summed E-state index contributed by atoms with van der Waals surface area (Å²) in [6.45, 7) is 1.70. The van der Waals surface area contributed by atoms with Gasteiger partial charge in [0.25, 0.3) is 0 Å². The molecule has 0 radical (unpaired) electrons. The zero-order chi connectivity index (χ0) is 9.07. The zero-order valence-corrected chi connectivity index (χ0v) is 6.97. The third-order valence-electron chi connectivity index (χ3n) is 1.22. The summed E-state index contributed by atoms with van der Waals surface area (Å²) in [5.74, 6) is -1.38. The van der Waals surface area contributed by atoms with Gasteiger partial charge in [0.2, 0.25) is 10.0 Å². The molecule has 0 aromatic heterocycles. The number of primary sulfonamides is 1. The van der Waals surface area contributed by atoms with Crippen LogP contribution in [0.2, 0.25) is 0 Å². The standard InChI is InChI=1S/C5H11NO4S/c1-2-3-4(5(7)8)11(6,9)10/h4H,2-3H2,1H3,(H,7,8)(H2,6,9,10)/t4-/m1/s1. The molecule has 5 nitrogen and oxygen atoms in total. The molecule has 0 heterocycles. The van der Waals surface area contributed by atoms with Crippen molar-refractivity contribution >= 4 is 16.0 Å². The van der Waals surface area contributed by atoms with Crippen LogP contribution in [0.5, 0.6) is 0 Å². The molecule has 0 fully saturated rings. The Morgan fingerprint density at radius 2 is 2.09 bits per heavy atom.